The molecule has 3 heteroatoms. The second kappa shape index (κ2) is 5.18. The standard InChI is InChI=1S/C14H21ClN2/c1-10-6-4-8-12(10)16-13-9-5-7-11(15)14(13)17(2)3/h5,7,9-10,12,16H,4,6,8H2,1-3H3. The summed E-state index contributed by atoms with van der Waals surface area (Å²) < 4.78 is 0. The summed E-state index contributed by atoms with van der Waals surface area (Å²) >= 11 is 6.26. The van der Waals surface area contributed by atoms with Crippen molar-refractivity contribution in [2.75, 3.05) is 24.3 Å². The maximum atomic E-state index is 6.26. The third-order valence-electron chi connectivity index (χ3n) is 3.64. The first-order valence-corrected chi connectivity index (χ1v) is 6.69. The predicted molar refractivity (Wildman–Crippen MR) is 76.2 cm³/mol. The van der Waals surface area contributed by atoms with Crippen molar-refractivity contribution < 1.29 is 0 Å². The van der Waals surface area contributed by atoms with Gasteiger partial charge in [-0.25, -0.2) is 0 Å². The molecule has 0 bridgehead atoms. The number of para-hydroxylation sites is 1. The Morgan fingerprint density at radius 1 is 1.29 bits per heavy atom. The molecule has 2 nitrogen and oxygen atoms in total. The largest absolute Gasteiger partial charge is 0.380 e. The molecule has 1 fully saturated rings. The third kappa shape index (κ3) is 2.68. The van der Waals surface area contributed by atoms with E-state index in [4.69, 9.17) is 11.6 Å². The van der Waals surface area contributed by atoms with Gasteiger partial charge < -0.3 is 10.2 Å². The molecule has 2 rings (SSSR count). The highest BCUT2D eigenvalue weighted by molar-refractivity contribution is 6.34. The number of hydrogen-bond acceptors (Lipinski definition) is 2. The Kier molecular flexibility index (Phi) is 3.82. The summed E-state index contributed by atoms with van der Waals surface area (Å²) in [7, 11) is 4.06. The van der Waals surface area contributed by atoms with Crippen molar-refractivity contribution in [2.45, 2.75) is 32.2 Å². The van der Waals surface area contributed by atoms with E-state index >= 15 is 0 Å². The predicted octanol–water partition coefficient (Wildman–Crippen LogP) is 4.01. The highest BCUT2D eigenvalue weighted by atomic mass is 35.5. The molecule has 17 heavy (non-hydrogen) atoms. The number of nitrogens with zero attached hydrogens (tertiary/aromatic N) is 1. The fraction of sp³-hybridized carbons (Fsp3) is 0.571. The molecule has 0 aromatic heterocycles. The van der Waals surface area contributed by atoms with Crippen molar-refractivity contribution in [1.82, 2.24) is 0 Å². The Morgan fingerprint density at radius 2 is 2.06 bits per heavy atom. The van der Waals surface area contributed by atoms with E-state index in [1.54, 1.807) is 0 Å². The summed E-state index contributed by atoms with van der Waals surface area (Å²) in [6.45, 7) is 2.32. The minimum absolute atomic E-state index is 0.590. The number of nitrogens with one attached hydrogen (secondary N) is 1. The van der Waals surface area contributed by atoms with Crippen LogP contribution < -0.4 is 10.2 Å². The Balaban J connectivity index is 2.23. The van der Waals surface area contributed by atoms with Crippen LogP contribution in [0, 0.1) is 5.92 Å². The fourth-order valence-electron chi connectivity index (χ4n) is 2.65. The molecular formula is C14H21ClN2. The number of hydrogen-bond donors (Lipinski definition) is 1. The first-order chi connectivity index (χ1) is 8.09. The van der Waals surface area contributed by atoms with Crippen LogP contribution in [-0.4, -0.2) is 20.1 Å². The molecule has 2 atom stereocenters. The molecular weight excluding hydrogens is 232 g/mol. The van der Waals surface area contributed by atoms with Crippen LogP contribution in [0.1, 0.15) is 26.2 Å². The fourth-order valence-corrected chi connectivity index (χ4v) is 2.99. The van der Waals surface area contributed by atoms with Gasteiger partial charge in [-0.15, -0.1) is 0 Å². The van der Waals surface area contributed by atoms with Crippen LogP contribution in [0.3, 0.4) is 0 Å². The summed E-state index contributed by atoms with van der Waals surface area (Å²) in [5, 5.41) is 4.47. The Bertz CT molecular complexity index is 390. The molecule has 0 spiro atoms. The number of rotatable bonds is 3. The molecule has 94 valence electrons. The zero-order chi connectivity index (χ0) is 12.4. The number of benzene rings is 1. The molecule has 0 aliphatic heterocycles. The van der Waals surface area contributed by atoms with Crippen LogP contribution in [0.25, 0.3) is 0 Å². The quantitative estimate of drug-likeness (QED) is 0.875. The van der Waals surface area contributed by atoms with E-state index in [-0.39, 0.29) is 0 Å². The molecule has 1 aliphatic rings. The van der Waals surface area contributed by atoms with E-state index in [0.717, 1.165) is 22.3 Å². The van der Waals surface area contributed by atoms with Gasteiger partial charge in [0.15, 0.2) is 0 Å². The number of anilines is 2. The zero-order valence-electron chi connectivity index (χ0n) is 10.8. The van der Waals surface area contributed by atoms with Crippen molar-refractivity contribution in [3.63, 3.8) is 0 Å². The van der Waals surface area contributed by atoms with Crippen molar-refractivity contribution in [3.8, 4) is 0 Å². The van der Waals surface area contributed by atoms with Gasteiger partial charge in [0.2, 0.25) is 0 Å². The minimum Gasteiger partial charge on any atom is -0.380 e. The second-order valence-electron chi connectivity index (χ2n) is 5.19. The lowest BCUT2D eigenvalue weighted by Crippen LogP contribution is -2.23. The smallest absolute Gasteiger partial charge is 0.0786 e. The van der Waals surface area contributed by atoms with Crippen LogP contribution in [0.15, 0.2) is 18.2 Å². The van der Waals surface area contributed by atoms with E-state index < -0.39 is 0 Å². The first kappa shape index (κ1) is 12.6. The minimum atomic E-state index is 0.590. The summed E-state index contributed by atoms with van der Waals surface area (Å²) in [5.41, 5.74) is 2.24. The zero-order valence-corrected chi connectivity index (χ0v) is 11.6. The van der Waals surface area contributed by atoms with Gasteiger partial charge in [-0.05, 0) is 30.9 Å². The van der Waals surface area contributed by atoms with Crippen LogP contribution in [0.5, 0.6) is 0 Å². The average Bonchev–Trinajstić information content (AvgIpc) is 2.64. The Labute approximate surface area is 109 Å². The van der Waals surface area contributed by atoms with Gasteiger partial charge in [-0.1, -0.05) is 31.0 Å². The molecule has 1 aliphatic carbocycles. The molecule has 1 aromatic carbocycles. The lowest BCUT2D eigenvalue weighted by atomic mass is 10.1. The van der Waals surface area contributed by atoms with Gasteiger partial charge >= 0.3 is 0 Å². The lowest BCUT2D eigenvalue weighted by molar-refractivity contribution is 0.556. The molecule has 1 saturated carbocycles. The molecule has 2 unspecified atom stereocenters. The van der Waals surface area contributed by atoms with Crippen molar-refractivity contribution in [3.05, 3.63) is 23.2 Å². The Hall–Kier alpha value is -0.890. The summed E-state index contributed by atoms with van der Waals surface area (Å²) in [6, 6.07) is 6.66. The first-order valence-electron chi connectivity index (χ1n) is 6.32. The second-order valence-corrected chi connectivity index (χ2v) is 5.60. The van der Waals surface area contributed by atoms with E-state index in [1.807, 2.05) is 26.2 Å². The SMILES string of the molecule is CC1CCCC1Nc1cccc(Cl)c1N(C)C. The maximum Gasteiger partial charge on any atom is 0.0786 e. The molecule has 0 saturated heterocycles. The van der Waals surface area contributed by atoms with Gasteiger partial charge in [0.1, 0.15) is 0 Å². The van der Waals surface area contributed by atoms with Gasteiger partial charge in [-0.3, -0.25) is 0 Å². The highest BCUT2D eigenvalue weighted by Gasteiger charge is 2.24. The van der Waals surface area contributed by atoms with E-state index in [0.29, 0.717) is 6.04 Å². The van der Waals surface area contributed by atoms with Crippen LogP contribution in [-0.2, 0) is 0 Å². The molecule has 1 aromatic rings. The molecule has 0 radical (unpaired) electrons. The lowest BCUT2D eigenvalue weighted by Gasteiger charge is -2.24. The normalized spacial score (nSPS) is 23.8. The van der Waals surface area contributed by atoms with Crippen molar-refractivity contribution in [1.29, 1.82) is 0 Å². The van der Waals surface area contributed by atoms with Gasteiger partial charge in [-0.2, -0.15) is 0 Å². The number of halogens is 1. The summed E-state index contributed by atoms with van der Waals surface area (Å²) in [5.74, 6) is 0.754. The van der Waals surface area contributed by atoms with Gasteiger partial charge in [0.25, 0.3) is 0 Å². The highest BCUT2D eigenvalue weighted by Crippen LogP contribution is 2.35. The maximum absolute atomic E-state index is 6.26. The van der Waals surface area contributed by atoms with E-state index in [9.17, 15) is 0 Å². The van der Waals surface area contributed by atoms with Crippen molar-refractivity contribution >= 4 is 23.0 Å². The van der Waals surface area contributed by atoms with Crippen LogP contribution in [0.2, 0.25) is 5.02 Å². The molecule has 1 N–H and O–H groups in total. The topological polar surface area (TPSA) is 15.3 Å². The summed E-state index contributed by atoms with van der Waals surface area (Å²) in [6.07, 6.45) is 3.92. The van der Waals surface area contributed by atoms with Gasteiger partial charge in [0.05, 0.1) is 16.4 Å². The third-order valence-corrected chi connectivity index (χ3v) is 3.94. The van der Waals surface area contributed by atoms with Gasteiger partial charge in [0, 0.05) is 20.1 Å². The monoisotopic (exact) mass is 252 g/mol. The summed E-state index contributed by atoms with van der Waals surface area (Å²) in [4.78, 5) is 2.07. The van der Waals surface area contributed by atoms with Crippen molar-refractivity contribution in [2.24, 2.45) is 5.92 Å². The van der Waals surface area contributed by atoms with E-state index in [1.165, 1.54) is 19.3 Å². The van der Waals surface area contributed by atoms with Crippen LogP contribution >= 0.6 is 11.6 Å². The molecule has 0 heterocycles. The van der Waals surface area contributed by atoms with E-state index in [2.05, 4.69) is 23.2 Å². The van der Waals surface area contributed by atoms with Crippen LogP contribution in [0.4, 0.5) is 11.4 Å². The molecule has 0 amide bonds. The Morgan fingerprint density at radius 3 is 2.65 bits per heavy atom. The average molecular weight is 253 g/mol.